The molecule has 4 nitrogen and oxygen atoms in total. The molecule has 0 bridgehead atoms. The zero-order chi connectivity index (χ0) is 16.8. The number of halogens is 1. The van der Waals surface area contributed by atoms with Crippen LogP contribution >= 0.6 is 0 Å². The third-order valence-corrected chi connectivity index (χ3v) is 3.42. The van der Waals surface area contributed by atoms with E-state index in [0.717, 1.165) is 5.56 Å². The number of amides is 1. The molecule has 0 aliphatic heterocycles. The van der Waals surface area contributed by atoms with E-state index in [9.17, 15) is 9.18 Å². The fourth-order valence-corrected chi connectivity index (χ4v) is 2.14. The topological polar surface area (TPSA) is 58.6 Å². The van der Waals surface area contributed by atoms with Gasteiger partial charge in [0, 0.05) is 12.1 Å². The summed E-state index contributed by atoms with van der Waals surface area (Å²) in [5.41, 5.74) is 1.98. The molecule has 122 valence electrons. The Morgan fingerprint density at radius 3 is 2.78 bits per heavy atom. The maximum absolute atomic E-state index is 13.3. The summed E-state index contributed by atoms with van der Waals surface area (Å²) in [6.07, 6.45) is -0.644. The summed E-state index contributed by atoms with van der Waals surface area (Å²) in [6, 6.07) is 11.8. The van der Waals surface area contributed by atoms with Gasteiger partial charge in [-0.15, -0.1) is 0 Å². The second-order valence-corrected chi connectivity index (χ2v) is 5.38. The lowest BCUT2D eigenvalue weighted by Crippen LogP contribution is -2.35. The number of benzene rings is 2. The normalized spacial score (nSPS) is 11.8. The predicted octanol–water partition coefficient (Wildman–Crippen LogP) is 2.71. The van der Waals surface area contributed by atoms with Crippen molar-refractivity contribution in [2.24, 2.45) is 0 Å². The van der Waals surface area contributed by atoms with Gasteiger partial charge in [-0.1, -0.05) is 18.2 Å². The smallest absolute Gasteiger partial charge is 0.261 e. The Morgan fingerprint density at radius 2 is 2.09 bits per heavy atom. The van der Waals surface area contributed by atoms with E-state index in [1.807, 2.05) is 25.1 Å². The number of aliphatic hydroxyl groups excluding tert-OH is 1. The van der Waals surface area contributed by atoms with Crippen LogP contribution in [0.1, 0.15) is 23.6 Å². The number of carbonyl (C=O) groups excluding carboxylic acids is 1. The van der Waals surface area contributed by atoms with Crippen LogP contribution in [0.15, 0.2) is 42.5 Å². The molecule has 2 rings (SSSR count). The first-order chi connectivity index (χ1) is 11.0. The molecule has 0 saturated heterocycles. The monoisotopic (exact) mass is 317 g/mol. The van der Waals surface area contributed by atoms with Crippen LogP contribution in [-0.2, 0) is 17.9 Å². The summed E-state index contributed by atoms with van der Waals surface area (Å²) in [6.45, 7) is 3.49. The van der Waals surface area contributed by atoms with Crippen LogP contribution in [0.4, 0.5) is 4.39 Å². The minimum Gasteiger partial charge on any atom is -0.481 e. The van der Waals surface area contributed by atoms with Crippen molar-refractivity contribution >= 4 is 5.91 Å². The maximum atomic E-state index is 13.3. The highest BCUT2D eigenvalue weighted by Gasteiger charge is 2.14. The second kappa shape index (κ2) is 7.74. The minimum atomic E-state index is -0.644. The molecule has 5 heteroatoms. The Hall–Kier alpha value is -2.40. The first kappa shape index (κ1) is 17.0. The molecule has 1 atom stereocenters. The van der Waals surface area contributed by atoms with Gasteiger partial charge in [0.2, 0.25) is 0 Å². The van der Waals surface area contributed by atoms with Crippen LogP contribution in [0.25, 0.3) is 0 Å². The molecule has 2 aromatic rings. The zero-order valence-electron chi connectivity index (χ0n) is 13.2. The molecule has 0 aliphatic rings. The van der Waals surface area contributed by atoms with Gasteiger partial charge in [0.15, 0.2) is 6.10 Å². The number of aryl methyl sites for hydroxylation is 1. The lowest BCUT2D eigenvalue weighted by molar-refractivity contribution is -0.127. The van der Waals surface area contributed by atoms with Gasteiger partial charge in [-0.3, -0.25) is 4.79 Å². The van der Waals surface area contributed by atoms with Crippen molar-refractivity contribution < 1.29 is 19.0 Å². The van der Waals surface area contributed by atoms with Gasteiger partial charge in [-0.25, -0.2) is 4.39 Å². The molecule has 0 aromatic heterocycles. The number of nitrogens with one attached hydrogen (secondary N) is 1. The Balaban J connectivity index is 1.91. The van der Waals surface area contributed by atoms with Crippen molar-refractivity contribution in [2.75, 3.05) is 0 Å². The summed E-state index contributed by atoms with van der Waals surface area (Å²) in [4.78, 5) is 12.1. The lowest BCUT2D eigenvalue weighted by Gasteiger charge is -2.15. The van der Waals surface area contributed by atoms with E-state index in [1.165, 1.54) is 12.1 Å². The molecule has 2 N–H and O–H groups in total. The summed E-state index contributed by atoms with van der Waals surface area (Å²) >= 11 is 0. The highest BCUT2D eigenvalue weighted by molar-refractivity contribution is 5.80. The number of aliphatic hydroxyl groups is 1. The average Bonchev–Trinajstić information content (AvgIpc) is 2.53. The second-order valence-electron chi connectivity index (χ2n) is 5.38. The summed E-state index contributed by atoms with van der Waals surface area (Å²) in [5.74, 6) is -0.0860. The number of hydrogen-bond acceptors (Lipinski definition) is 3. The van der Waals surface area contributed by atoms with Gasteiger partial charge in [0.05, 0.1) is 6.61 Å². The van der Waals surface area contributed by atoms with E-state index in [0.29, 0.717) is 11.3 Å². The molecule has 0 aliphatic carbocycles. The molecule has 0 radical (unpaired) electrons. The summed E-state index contributed by atoms with van der Waals surface area (Å²) in [7, 11) is 0. The third kappa shape index (κ3) is 4.79. The van der Waals surface area contributed by atoms with E-state index in [4.69, 9.17) is 9.84 Å². The first-order valence-electron chi connectivity index (χ1n) is 7.39. The van der Waals surface area contributed by atoms with Crippen LogP contribution in [0, 0.1) is 12.7 Å². The lowest BCUT2D eigenvalue weighted by atomic mass is 10.1. The Labute approximate surface area is 134 Å². The highest BCUT2D eigenvalue weighted by atomic mass is 19.1. The van der Waals surface area contributed by atoms with E-state index >= 15 is 0 Å². The Morgan fingerprint density at radius 1 is 1.30 bits per heavy atom. The Bertz CT molecular complexity index is 688. The molecule has 1 amide bonds. The van der Waals surface area contributed by atoms with Crippen molar-refractivity contribution in [2.45, 2.75) is 33.1 Å². The number of carbonyl (C=O) groups is 1. The number of ether oxygens (including phenoxy) is 1. The molecular formula is C18H20FNO3. The predicted molar refractivity (Wildman–Crippen MR) is 85.4 cm³/mol. The summed E-state index contributed by atoms with van der Waals surface area (Å²) in [5, 5.41) is 11.8. The van der Waals surface area contributed by atoms with Crippen LogP contribution in [0.3, 0.4) is 0 Å². The van der Waals surface area contributed by atoms with Crippen molar-refractivity contribution in [3.05, 3.63) is 65.0 Å². The fourth-order valence-electron chi connectivity index (χ4n) is 2.14. The van der Waals surface area contributed by atoms with Crippen LogP contribution < -0.4 is 10.1 Å². The van der Waals surface area contributed by atoms with Gasteiger partial charge in [-0.05, 0) is 49.2 Å². The van der Waals surface area contributed by atoms with E-state index in [2.05, 4.69) is 5.32 Å². The highest BCUT2D eigenvalue weighted by Crippen LogP contribution is 2.14. The zero-order valence-corrected chi connectivity index (χ0v) is 13.2. The SMILES string of the molecule is Cc1cccc(OC(C)C(=O)NCc2ccc(F)c(CO)c2)c1. The van der Waals surface area contributed by atoms with E-state index in [1.54, 1.807) is 19.1 Å². The van der Waals surface area contributed by atoms with Gasteiger partial charge in [0.1, 0.15) is 11.6 Å². The molecule has 0 heterocycles. The van der Waals surface area contributed by atoms with Crippen molar-refractivity contribution in [3.8, 4) is 5.75 Å². The number of hydrogen-bond donors (Lipinski definition) is 2. The van der Waals surface area contributed by atoms with Crippen molar-refractivity contribution in [1.29, 1.82) is 0 Å². The molecular weight excluding hydrogens is 297 g/mol. The molecule has 0 spiro atoms. The van der Waals surface area contributed by atoms with Crippen molar-refractivity contribution in [3.63, 3.8) is 0 Å². The van der Waals surface area contributed by atoms with Gasteiger partial charge >= 0.3 is 0 Å². The van der Waals surface area contributed by atoms with Crippen LogP contribution in [-0.4, -0.2) is 17.1 Å². The van der Waals surface area contributed by atoms with E-state index < -0.39 is 11.9 Å². The van der Waals surface area contributed by atoms with Gasteiger partial charge in [0.25, 0.3) is 5.91 Å². The average molecular weight is 317 g/mol. The van der Waals surface area contributed by atoms with Crippen molar-refractivity contribution in [1.82, 2.24) is 5.32 Å². The van der Waals surface area contributed by atoms with Crippen LogP contribution in [0.5, 0.6) is 5.75 Å². The maximum Gasteiger partial charge on any atom is 0.261 e. The molecule has 0 fully saturated rings. The third-order valence-electron chi connectivity index (χ3n) is 3.42. The molecule has 2 aromatic carbocycles. The quantitative estimate of drug-likeness (QED) is 0.861. The van der Waals surface area contributed by atoms with Gasteiger partial charge in [-0.2, -0.15) is 0 Å². The summed E-state index contributed by atoms with van der Waals surface area (Å²) < 4.78 is 18.9. The van der Waals surface area contributed by atoms with E-state index in [-0.39, 0.29) is 24.6 Å². The molecule has 1 unspecified atom stereocenters. The van der Waals surface area contributed by atoms with Gasteiger partial charge < -0.3 is 15.2 Å². The van der Waals surface area contributed by atoms with Crippen LogP contribution in [0.2, 0.25) is 0 Å². The molecule has 23 heavy (non-hydrogen) atoms. The first-order valence-corrected chi connectivity index (χ1v) is 7.39. The Kier molecular flexibility index (Phi) is 5.71. The standard InChI is InChI=1S/C18H20FNO3/c1-12-4-3-5-16(8-12)23-13(2)18(22)20-10-14-6-7-17(19)15(9-14)11-21/h3-9,13,21H,10-11H2,1-2H3,(H,20,22). The largest absolute Gasteiger partial charge is 0.481 e. The minimum absolute atomic E-state index is 0.209. The number of rotatable bonds is 6. The molecule has 0 saturated carbocycles. The fraction of sp³-hybridized carbons (Fsp3) is 0.278.